The third-order valence-electron chi connectivity index (χ3n) is 15.6. The minimum absolute atomic E-state index is 0.111. The summed E-state index contributed by atoms with van der Waals surface area (Å²) in [6.07, 6.45) is 23.2. The SMILES string of the molecule is C1=CCCC(c2ccc(N(c3ccc(C4C=CC=CC4)cc3)c3c4ccccc4c(-c4cccc5c4C4(c6ccccc6-5)C5CC6CC5CC64)c4ccccc34)cc2)=C1. The molecule has 4 saturated carbocycles. The van der Waals surface area contributed by atoms with Crippen LogP contribution in [0.2, 0.25) is 0 Å². The number of anilines is 3. The molecule has 0 N–H and O–H groups in total. The van der Waals surface area contributed by atoms with Crippen LogP contribution in [-0.4, -0.2) is 0 Å². The number of fused-ring (bicyclic) bond motifs is 5. The molecule has 14 rings (SSSR count). The minimum atomic E-state index is 0.111. The molecule has 4 bridgehead atoms. The molecule has 59 heavy (non-hydrogen) atoms. The average Bonchev–Trinajstić information content (AvgIpc) is 4.12. The lowest BCUT2D eigenvalue weighted by Crippen LogP contribution is -2.35. The quantitative estimate of drug-likeness (QED) is 0.153. The molecule has 4 fully saturated rings. The van der Waals surface area contributed by atoms with Gasteiger partial charge in [0, 0.05) is 33.5 Å². The molecule has 1 spiro atoms. The molecule has 7 aromatic rings. The lowest BCUT2D eigenvalue weighted by Gasteiger charge is -2.38. The average molecular weight is 758 g/mol. The fourth-order valence-corrected chi connectivity index (χ4v) is 13.5. The van der Waals surface area contributed by atoms with E-state index in [4.69, 9.17) is 0 Å². The maximum absolute atomic E-state index is 2.55. The lowest BCUT2D eigenvalue weighted by atomic mass is 9.64. The number of hydrogen-bond acceptors (Lipinski definition) is 1. The standard InChI is InChI=1S/C58H47N/c1-3-14-37(15-4-1)39-26-30-43(31-27-39)59(44-32-28-40(29-33-44)38-16-5-2-6-17-38)57-49-21-9-7-19-46(49)55(47-20-8-10-22-50(47)57)51-24-13-23-48-45-18-11-12-25-52(45)58(56(48)51)53-35-41-34-42(53)36-54(41)58/h1-5,7-14,16,18-33,37,41-42,53-54H,6,15,17,34-36H2. The van der Waals surface area contributed by atoms with Crippen LogP contribution < -0.4 is 4.90 Å². The zero-order valence-corrected chi connectivity index (χ0v) is 33.4. The van der Waals surface area contributed by atoms with Gasteiger partial charge >= 0.3 is 0 Å². The van der Waals surface area contributed by atoms with Crippen LogP contribution in [0.3, 0.4) is 0 Å². The van der Waals surface area contributed by atoms with Crippen LogP contribution in [0.4, 0.5) is 17.1 Å². The largest absolute Gasteiger partial charge is 0.309 e. The van der Waals surface area contributed by atoms with E-state index >= 15 is 0 Å². The lowest BCUT2D eigenvalue weighted by molar-refractivity contribution is 0.308. The van der Waals surface area contributed by atoms with Gasteiger partial charge in [0.25, 0.3) is 0 Å². The smallest absolute Gasteiger partial charge is 0.0618 e. The normalized spacial score (nSPS) is 25.4. The van der Waals surface area contributed by atoms with Crippen molar-refractivity contribution in [1.29, 1.82) is 0 Å². The third kappa shape index (κ3) is 4.73. The van der Waals surface area contributed by atoms with E-state index in [1.165, 1.54) is 96.8 Å². The van der Waals surface area contributed by atoms with E-state index in [2.05, 4.69) is 187 Å². The zero-order valence-electron chi connectivity index (χ0n) is 33.4. The Hall–Kier alpha value is -6.18. The van der Waals surface area contributed by atoms with Gasteiger partial charge in [-0.05, 0) is 147 Å². The molecular formula is C58H47N. The predicted molar refractivity (Wildman–Crippen MR) is 248 cm³/mol. The van der Waals surface area contributed by atoms with Crippen LogP contribution in [0, 0.1) is 23.7 Å². The molecule has 5 unspecified atom stereocenters. The topological polar surface area (TPSA) is 3.24 Å². The monoisotopic (exact) mass is 757 g/mol. The van der Waals surface area contributed by atoms with Crippen LogP contribution in [-0.2, 0) is 5.41 Å². The molecule has 0 radical (unpaired) electrons. The van der Waals surface area contributed by atoms with E-state index in [9.17, 15) is 0 Å². The number of nitrogens with zero attached hydrogens (tertiary/aromatic N) is 1. The first-order valence-electron chi connectivity index (χ1n) is 22.1. The molecule has 0 aromatic heterocycles. The molecule has 0 amide bonds. The van der Waals surface area contributed by atoms with Gasteiger partial charge in [0.2, 0.25) is 0 Å². The van der Waals surface area contributed by atoms with Gasteiger partial charge in [0.05, 0.1) is 5.69 Å². The molecule has 7 aliphatic carbocycles. The molecule has 7 aliphatic rings. The van der Waals surface area contributed by atoms with E-state index < -0.39 is 0 Å². The first-order valence-corrected chi connectivity index (χ1v) is 22.1. The number of allylic oxidation sites excluding steroid dienone is 8. The summed E-state index contributed by atoms with van der Waals surface area (Å²) in [7, 11) is 0. The van der Waals surface area contributed by atoms with Crippen LogP contribution in [0.5, 0.6) is 0 Å². The first kappa shape index (κ1) is 33.8. The van der Waals surface area contributed by atoms with Crippen LogP contribution in [0.1, 0.15) is 66.7 Å². The van der Waals surface area contributed by atoms with Crippen LogP contribution in [0.15, 0.2) is 182 Å². The summed E-state index contributed by atoms with van der Waals surface area (Å²) in [4.78, 5) is 2.55. The summed E-state index contributed by atoms with van der Waals surface area (Å²) in [5.41, 5.74) is 16.8. The van der Waals surface area contributed by atoms with Gasteiger partial charge in [0.1, 0.15) is 0 Å². The Labute approximate surface area is 347 Å². The summed E-state index contributed by atoms with van der Waals surface area (Å²) in [6.45, 7) is 0. The maximum atomic E-state index is 2.55. The van der Waals surface area contributed by atoms with Gasteiger partial charge in [-0.15, -0.1) is 0 Å². The van der Waals surface area contributed by atoms with Crippen molar-refractivity contribution >= 4 is 44.2 Å². The van der Waals surface area contributed by atoms with Crippen LogP contribution >= 0.6 is 0 Å². The zero-order chi connectivity index (χ0) is 38.7. The molecule has 284 valence electrons. The Morgan fingerprint density at radius 2 is 1.17 bits per heavy atom. The van der Waals surface area contributed by atoms with E-state index in [1.807, 2.05) is 0 Å². The first-order chi connectivity index (χ1) is 29.3. The fourth-order valence-electron chi connectivity index (χ4n) is 13.5. The molecule has 1 heteroatoms. The van der Waals surface area contributed by atoms with E-state index in [-0.39, 0.29) is 5.41 Å². The van der Waals surface area contributed by atoms with E-state index in [0.717, 1.165) is 42.9 Å². The second-order valence-corrected chi connectivity index (χ2v) is 18.2. The van der Waals surface area contributed by atoms with Crippen molar-refractivity contribution in [1.82, 2.24) is 0 Å². The Morgan fingerprint density at radius 1 is 0.525 bits per heavy atom. The highest BCUT2D eigenvalue weighted by Gasteiger charge is 2.71. The van der Waals surface area contributed by atoms with E-state index in [0.29, 0.717) is 5.92 Å². The predicted octanol–water partition coefficient (Wildman–Crippen LogP) is 15.4. The van der Waals surface area contributed by atoms with E-state index in [1.54, 1.807) is 11.1 Å². The molecule has 5 atom stereocenters. The number of hydrogen-bond donors (Lipinski definition) is 0. The van der Waals surface area contributed by atoms with Crippen molar-refractivity contribution in [3.63, 3.8) is 0 Å². The summed E-state index contributed by atoms with van der Waals surface area (Å²) in [5.74, 6) is 3.59. The van der Waals surface area contributed by atoms with Gasteiger partial charge in [0.15, 0.2) is 0 Å². The van der Waals surface area contributed by atoms with Crippen molar-refractivity contribution < 1.29 is 0 Å². The van der Waals surface area contributed by atoms with Crippen molar-refractivity contribution in [3.05, 3.63) is 204 Å². The second-order valence-electron chi connectivity index (χ2n) is 18.2. The Balaban J connectivity index is 1.06. The summed E-state index contributed by atoms with van der Waals surface area (Å²) >= 11 is 0. The summed E-state index contributed by atoms with van der Waals surface area (Å²) in [6, 6.07) is 54.2. The molecule has 0 saturated heterocycles. The van der Waals surface area contributed by atoms with Crippen molar-refractivity contribution in [2.24, 2.45) is 23.7 Å². The Kier molecular flexibility index (Phi) is 7.39. The third-order valence-corrected chi connectivity index (χ3v) is 15.6. The summed E-state index contributed by atoms with van der Waals surface area (Å²) in [5, 5.41) is 5.23. The van der Waals surface area contributed by atoms with Gasteiger partial charge in [-0.25, -0.2) is 0 Å². The highest BCUT2D eigenvalue weighted by atomic mass is 15.1. The number of benzene rings is 7. The second kappa shape index (κ2) is 12.9. The van der Waals surface area contributed by atoms with Gasteiger partial charge in [-0.1, -0.05) is 158 Å². The molecule has 0 aliphatic heterocycles. The molecule has 0 heterocycles. The molecular weight excluding hydrogens is 711 g/mol. The van der Waals surface area contributed by atoms with Crippen molar-refractivity contribution in [3.8, 4) is 22.3 Å². The van der Waals surface area contributed by atoms with Gasteiger partial charge in [-0.3, -0.25) is 0 Å². The van der Waals surface area contributed by atoms with Gasteiger partial charge in [-0.2, -0.15) is 0 Å². The Bertz CT molecular complexity index is 2900. The Morgan fingerprint density at radius 3 is 1.83 bits per heavy atom. The molecule has 1 nitrogen and oxygen atoms in total. The molecule has 7 aromatic carbocycles. The number of rotatable bonds is 6. The summed E-state index contributed by atoms with van der Waals surface area (Å²) < 4.78 is 0. The highest BCUT2D eigenvalue weighted by molar-refractivity contribution is 6.23. The van der Waals surface area contributed by atoms with Crippen molar-refractivity contribution in [2.45, 2.75) is 49.9 Å². The van der Waals surface area contributed by atoms with Gasteiger partial charge < -0.3 is 4.90 Å². The van der Waals surface area contributed by atoms with Crippen molar-refractivity contribution in [2.75, 3.05) is 4.90 Å². The maximum Gasteiger partial charge on any atom is 0.0618 e. The van der Waals surface area contributed by atoms with Crippen LogP contribution in [0.25, 0.3) is 49.4 Å². The minimum Gasteiger partial charge on any atom is -0.309 e. The fraction of sp³-hybridized carbons (Fsp3) is 0.207. The highest BCUT2D eigenvalue weighted by Crippen LogP contribution is 2.77.